The van der Waals surface area contributed by atoms with Crippen LogP contribution in [0.5, 0.6) is 0 Å². The molecule has 0 saturated heterocycles. The maximum atomic E-state index is 13.6. The first kappa shape index (κ1) is 21.7. The molecule has 3 aromatic carbocycles. The summed E-state index contributed by atoms with van der Waals surface area (Å²) in [6.45, 7) is 0. The lowest BCUT2D eigenvalue weighted by Gasteiger charge is -2.14. The molecule has 11 heteroatoms. The summed E-state index contributed by atoms with van der Waals surface area (Å²) in [7, 11) is 0. The van der Waals surface area contributed by atoms with Crippen molar-refractivity contribution in [3.05, 3.63) is 77.9 Å². The maximum Gasteiger partial charge on any atom is 0.418 e. The third kappa shape index (κ3) is 3.78. The van der Waals surface area contributed by atoms with Crippen LogP contribution in [-0.2, 0) is 12.4 Å². The third-order valence-electron chi connectivity index (χ3n) is 5.22. The van der Waals surface area contributed by atoms with Crippen molar-refractivity contribution in [2.75, 3.05) is 5.32 Å². The van der Waals surface area contributed by atoms with E-state index in [1.165, 1.54) is 30.3 Å². The van der Waals surface area contributed by atoms with E-state index in [1.54, 1.807) is 24.3 Å². The van der Waals surface area contributed by atoms with Crippen LogP contribution in [0.1, 0.15) is 11.1 Å². The SMILES string of the molecule is FC(F)(F)c1ccccc1-c1nc(Nc2n[nH]c3c(C(F)(F)F)cccc23)c2ccccc2n1. The minimum Gasteiger partial charge on any atom is -0.322 e. The summed E-state index contributed by atoms with van der Waals surface area (Å²) in [5.74, 6) is -0.0478. The summed E-state index contributed by atoms with van der Waals surface area (Å²) < 4.78 is 80.8. The van der Waals surface area contributed by atoms with Crippen molar-refractivity contribution < 1.29 is 26.3 Å². The highest BCUT2D eigenvalue weighted by Gasteiger charge is 2.35. The Hall–Kier alpha value is -4.15. The highest BCUT2D eigenvalue weighted by molar-refractivity contribution is 5.98. The zero-order chi connectivity index (χ0) is 24.1. The molecule has 0 fully saturated rings. The molecule has 0 unspecified atom stereocenters. The van der Waals surface area contributed by atoms with Crippen molar-refractivity contribution in [2.24, 2.45) is 0 Å². The maximum absolute atomic E-state index is 13.6. The minimum atomic E-state index is -4.63. The molecule has 2 aromatic heterocycles. The van der Waals surface area contributed by atoms with Crippen LogP contribution in [0.15, 0.2) is 66.7 Å². The quantitative estimate of drug-likeness (QED) is 0.278. The van der Waals surface area contributed by atoms with Crippen molar-refractivity contribution in [3.8, 4) is 11.4 Å². The minimum absolute atomic E-state index is 0.0417. The number of nitrogens with zero attached hydrogens (tertiary/aromatic N) is 3. The number of H-pyrrole nitrogens is 1. The van der Waals surface area contributed by atoms with Crippen LogP contribution in [-0.4, -0.2) is 20.2 Å². The van der Waals surface area contributed by atoms with Crippen LogP contribution in [0.2, 0.25) is 0 Å². The van der Waals surface area contributed by atoms with Gasteiger partial charge in [0, 0.05) is 16.3 Å². The number of hydrogen-bond donors (Lipinski definition) is 2. The van der Waals surface area contributed by atoms with E-state index in [9.17, 15) is 26.3 Å². The standard InChI is InChI=1S/C23H13F6N5/c24-22(25,26)15-9-3-1-6-12(15)19-30-17-11-4-2-7-13(17)20(31-19)32-21-14-8-5-10-16(23(27,28)29)18(14)33-34-21/h1-11H,(H2,30,31,32,33,34). The predicted octanol–water partition coefficient (Wildman–Crippen LogP) is 6.95. The van der Waals surface area contributed by atoms with Gasteiger partial charge in [0.1, 0.15) is 5.82 Å². The van der Waals surface area contributed by atoms with Crippen molar-refractivity contribution >= 4 is 33.4 Å². The Labute approximate surface area is 187 Å². The summed E-state index contributed by atoms with van der Waals surface area (Å²) in [5, 5.41) is 9.82. The molecule has 0 saturated carbocycles. The van der Waals surface area contributed by atoms with Crippen molar-refractivity contribution in [3.63, 3.8) is 0 Å². The van der Waals surface area contributed by atoms with Gasteiger partial charge in [-0.1, -0.05) is 36.4 Å². The summed E-state index contributed by atoms with van der Waals surface area (Å²) >= 11 is 0. The second kappa shape index (κ2) is 7.72. The van der Waals surface area contributed by atoms with Gasteiger partial charge < -0.3 is 5.32 Å². The first-order valence-corrected chi connectivity index (χ1v) is 9.87. The molecule has 0 radical (unpaired) electrons. The summed E-state index contributed by atoms with van der Waals surface area (Å²) in [4.78, 5) is 8.59. The van der Waals surface area contributed by atoms with E-state index in [0.29, 0.717) is 10.9 Å². The number of rotatable bonds is 3. The number of aromatic nitrogens is 4. The Balaban J connectivity index is 1.68. The highest BCUT2D eigenvalue weighted by Crippen LogP contribution is 2.39. The Bertz CT molecular complexity index is 1520. The number of alkyl halides is 6. The number of hydrogen-bond acceptors (Lipinski definition) is 4. The van der Waals surface area contributed by atoms with Gasteiger partial charge in [-0.15, -0.1) is 0 Å². The summed E-state index contributed by atoms with van der Waals surface area (Å²) in [5.41, 5.74) is -1.90. The zero-order valence-electron chi connectivity index (χ0n) is 17.0. The van der Waals surface area contributed by atoms with E-state index in [0.717, 1.165) is 12.1 Å². The molecule has 172 valence electrons. The predicted molar refractivity (Wildman–Crippen MR) is 114 cm³/mol. The van der Waals surface area contributed by atoms with Crippen molar-refractivity contribution in [1.29, 1.82) is 0 Å². The first-order chi connectivity index (χ1) is 16.1. The molecule has 5 nitrogen and oxygen atoms in total. The Morgan fingerprint density at radius 3 is 2.06 bits per heavy atom. The van der Waals surface area contributed by atoms with Crippen LogP contribution in [0.4, 0.5) is 38.0 Å². The fourth-order valence-corrected chi connectivity index (χ4v) is 3.70. The number of fused-ring (bicyclic) bond motifs is 2. The lowest BCUT2D eigenvalue weighted by atomic mass is 10.1. The Kier molecular flexibility index (Phi) is 4.92. The molecule has 0 aliphatic carbocycles. The molecule has 2 heterocycles. The van der Waals surface area contributed by atoms with Gasteiger partial charge in [0.25, 0.3) is 0 Å². The van der Waals surface area contributed by atoms with Gasteiger partial charge in [0.05, 0.1) is 22.2 Å². The van der Waals surface area contributed by atoms with Gasteiger partial charge in [0.2, 0.25) is 0 Å². The molecule has 0 bridgehead atoms. The highest BCUT2D eigenvalue weighted by atomic mass is 19.4. The number of aromatic amines is 1. The fourth-order valence-electron chi connectivity index (χ4n) is 3.70. The fraction of sp³-hybridized carbons (Fsp3) is 0.0870. The van der Waals surface area contributed by atoms with Gasteiger partial charge >= 0.3 is 12.4 Å². The van der Waals surface area contributed by atoms with Gasteiger partial charge in [-0.05, 0) is 30.3 Å². The summed E-state index contributed by atoms with van der Waals surface area (Å²) in [6, 6.07) is 15.1. The third-order valence-corrected chi connectivity index (χ3v) is 5.22. The van der Waals surface area contributed by atoms with E-state index in [4.69, 9.17) is 0 Å². The van der Waals surface area contributed by atoms with Gasteiger partial charge in [-0.2, -0.15) is 31.4 Å². The van der Waals surface area contributed by atoms with E-state index in [2.05, 4.69) is 25.5 Å². The molecule has 0 spiro atoms. The van der Waals surface area contributed by atoms with E-state index >= 15 is 0 Å². The second-order valence-corrected chi connectivity index (χ2v) is 7.38. The van der Waals surface area contributed by atoms with Crippen LogP contribution in [0.25, 0.3) is 33.2 Å². The first-order valence-electron chi connectivity index (χ1n) is 9.87. The van der Waals surface area contributed by atoms with E-state index in [1.807, 2.05) is 0 Å². The van der Waals surface area contributed by atoms with Crippen molar-refractivity contribution in [1.82, 2.24) is 20.2 Å². The lowest BCUT2D eigenvalue weighted by molar-refractivity contribution is -0.137. The molecular weight excluding hydrogens is 460 g/mol. The Morgan fingerprint density at radius 1 is 0.647 bits per heavy atom. The number of nitrogens with one attached hydrogen (secondary N) is 2. The van der Waals surface area contributed by atoms with Crippen molar-refractivity contribution in [2.45, 2.75) is 12.4 Å². The summed E-state index contributed by atoms with van der Waals surface area (Å²) in [6.07, 6.45) is -9.23. The van der Waals surface area contributed by atoms with E-state index in [-0.39, 0.29) is 33.9 Å². The number of halogens is 6. The van der Waals surface area contributed by atoms with Gasteiger partial charge in [-0.25, -0.2) is 9.97 Å². The molecule has 0 atom stereocenters. The molecule has 34 heavy (non-hydrogen) atoms. The number of para-hydroxylation sites is 2. The van der Waals surface area contributed by atoms with Crippen LogP contribution in [0, 0.1) is 0 Å². The van der Waals surface area contributed by atoms with Crippen LogP contribution < -0.4 is 5.32 Å². The average molecular weight is 473 g/mol. The molecule has 0 aliphatic heterocycles. The molecule has 0 aliphatic rings. The average Bonchev–Trinajstić information content (AvgIpc) is 3.20. The van der Waals surface area contributed by atoms with E-state index < -0.39 is 23.5 Å². The largest absolute Gasteiger partial charge is 0.418 e. The van der Waals surface area contributed by atoms with Gasteiger partial charge in [-0.3, -0.25) is 5.10 Å². The monoisotopic (exact) mass is 473 g/mol. The molecule has 5 aromatic rings. The second-order valence-electron chi connectivity index (χ2n) is 7.38. The van der Waals surface area contributed by atoms with Crippen LogP contribution in [0.3, 0.4) is 0 Å². The molecule has 0 amide bonds. The lowest BCUT2D eigenvalue weighted by Crippen LogP contribution is -2.08. The van der Waals surface area contributed by atoms with Crippen LogP contribution >= 0.6 is 0 Å². The molecular formula is C23H13F6N5. The molecule has 5 rings (SSSR count). The normalized spacial score (nSPS) is 12.4. The molecule has 2 N–H and O–H groups in total. The van der Waals surface area contributed by atoms with Gasteiger partial charge in [0.15, 0.2) is 11.6 Å². The number of anilines is 2. The Morgan fingerprint density at radius 2 is 1.29 bits per heavy atom. The topological polar surface area (TPSA) is 66.5 Å². The number of benzene rings is 3. The smallest absolute Gasteiger partial charge is 0.322 e. The zero-order valence-corrected chi connectivity index (χ0v) is 17.0.